The molecule has 0 unspecified atom stereocenters. The van der Waals surface area contributed by atoms with E-state index in [4.69, 9.17) is 16.3 Å². The van der Waals surface area contributed by atoms with Gasteiger partial charge in [-0.25, -0.2) is 0 Å². The van der Waals surface area contributed by atoms with E-state index in [1.165, 1.54) is 17.4 Å². The summed E-state index contributed by atoms with van der Waals surface area (Å²) in [6, 6.07) is 15.7. The Balaban J connectivity index is 1.41. The highest BCUT2D eigenvalue weighted by atomic mass is 35.5. The lowest BCUT2D eigenvalue weighted by Crippen LogP contribution is -2.47. The zero-order chi connectivity index (χ0) is 21.1. The third-order valence-electron chi connectivity index (χ3n) is 4.92. The molecule has 0 saturated carbocycles. The molecule has 0 N–H and O–H groups in total. The molecular weight excluding hydrogens is 418 g/mol. The number of piperazine rings is 1. The standard InChI is InChI=1S/C23H24ClN3O2S/c1-16(2)29-20-6-4-3-5-17(20)15-21-22(28)25-23(30-21)27-13-11-26(12-14-27)19-9-7-18(24)8-10-19/h3-10,15-16H,11-14H2,1-2H3. The van der Waals surface area contributed by atoms with Crippen LogP contribution in [0, 0.1) is 0 Å². The Hall–Kier alpha value is -2.44. The van der Waals surface area contributed by atoms with E-state index >= 15 is 0 Å². The molecule has 0 bridgehead atoms. The van der Waals surface area contributed by atoms with Gasteiger partial charge in [0.1, 0.15) is 5.75 Å². The summed E-state index contributed by atoms with van der Waals surface area (Å²) in [4.78, 5) is 22.0. The normalized spacial score (nSPS) is 18.3. The molecule has 156 valence electrons. The van der Waals surface area contributed by atoms with E-state index in [0.717, 1.165) is 47.7 Å². The minimum atomic E-state index is -0.186. The number of halogens is 1. The Morgan fingerprint density at radius 1 is 1.03 bits per heavy atom. The van der Waals surface area contributed by atoms with E-state index in [2.05, 4.69) is 14.8 Å². The molecule has 2 aliphatic rings. The van der Waals surface area contributed by atoms with Gasteiger partial charge in [-0.1, -0.05) is 29.8 Å². The van der Waals surface area contributed by atoms with Gasteiger partial charge in [-0.05, 0) is 62.0 Å². The Morgan fingerprint density at radius 2 is 1.70 bits per heavy atom. The monoisotopic (exact) mass is 441 g/mol. The number of hydrogen-bond acceptors (Lipinski definition) is 5. The minimum Gasteiger partial charge on any atom is -0.490 e. The summed E-state index contributed by atoms with van der Waals surface area (Å²) in [6.07, 6.45) is 1.95. The van der Waals surface area contributed by atoms with Gasteiger partial charge in [0.05, 0.1) is 11.0 Å². The molecule has 2 aliphatic heterocycles. The smallest absolute Gasteiger partial charge is 0.286 e. The predicted molar refractivity (Wildman–Crippen MR) is 125 cm³/mol. The summed E-state index contributed by atoms with van der Waals surface area (Å²) in [5.41, 5.74) is 2.06. The summed E-state index contributed by atoms with van der Waals surface area (Å²) in [5.74, 6) is 0.591. The number of nitrogens with zero attached hydrogens (tertiary/aromatic N) is 3. The van der Waals surface area contributed by atoms with Gasteiger partial charge in [0.15, 0.2) is 5.17 Å². The maximum Gasteiger partial charge on any atom is 0.286 e. The fourth-order valence-electron chi connectivity index (χ4n) is 3.44. The molecule has 1 amide bonds. The quantitative estimate of drug-likeness (QED) is 0.630. The third kappa shape index (κ3) is 4.82. The van der Waals surface area contributed by atoms with Crippen molar-refractivity contribution in [2.45, 2.75) is 20.0 Å². The molecule has 0 aromatic heterocycles. The number of ether oxygens (including phenoxy) is 1. The van der Waals surface area contributed by atoms with Crippen LogP contribution in [0.1, 0.15) is 19.4 Å². The van der Waals surface area contributed by atoms with Crippen LogP contribution in [0.5, 0.6) is 5.75 Å². The van der Waals surface area contributed by atoms with Crippen LogP contribution in [-0.4, -0.2) is 48.3 Å². The largest absolute Gasteiger partial charge is 0.490 e. The molecule has 0 radical (unpaired) electrons. The SMILES string of the molecule is CC(C)Oc1ccccc1C=C1SC(N2CCN(c3ccc(Cl)cc3)CC2)=NC1=O. The van der Waals surface area contributed by atoms with E-state index in [0.29, 0.717) is 4.91 Å². The zero-order valence-electron chi connectivity index (χ0n) is 17.0. The second kappa shape index (κ2) is 9.14. The van der Waals surface area contributed by atoms with Crippen molar-refractivity contribution >= 4 is 46.2 Å². The van der Waals surface area contributed by atoms with Crippen molar-refractivity contribution in [2.24, 2.45) is 4.99 Å². The number of carbonyl (C=O) groups is 1. The van der Waals surface area contributed by atoms with Gasteiger partial charge in [-0.15, -0.1) is 0 Å². The number of rotatable bonds is 4. The first-order valence-corrected chi connectivity index (χ1v) is 11.2. The number of aliphatic imine (C=N–C) groups is 1. The van der Waals surface area contributed by atoms with Gasteiger partial charge in [-0.2, -0.15) is 4.99 Å². The Bertz CT molecular complexity index is 980. The molecule has 0 atom stereocenters. The lowest BCUT2D eigenvalue weighted by atomic mass is 10.2. The second-order valence-electron chi connectivity index (χ2n) is 7.47. The molecule has 2 heterocycles. The fraction of sp³-hybridized carbons (Fsp3) is 0.304. The molecule has 30 heavy (non-hydrogen) atoms. The maximum absolute atomic E-state index is 12.5. The minimum absolute atomic E-state index is 0.0697. The van der Waals surface area contributed by atoms with Gasteiger partial charge >= 0.3 is 0 Å². The zero-order valence-corrected chi connectivity index (χ0v) is 18.6. The number of para-hydroxylation sites is 1. The van der Waals surface area contributed by atoms with Crippen LogP contribution < -0.4 is 9.64 Å². The molecule has 1 fully saturated rings. The van der Waals surface area contributed by atoms with Crippen LogP contribution in [0.15, 0.2) is 58.4 Å². The molecule has 4 rings (SSSR count). The van der Waals surface area contributed by atoms with Crippen molar-refractivity contribution in [3.05, 3.63) is 64.0 Å². The first-order chi connectivity index (χ1) is 14.5. The number of carbonyl (C=O) groups excluding carboxylic acids is 1. The molecule has 7 heteroatoms. The van der Waals surface area contributed by atoms with Gasteiger partial charge in [0.2, 0.25) is 0 Å². The third-order valence-corrected chi connectivity index (χ3v) is 6.22. The number of hydrogen-bond donors (Lipinski definition) is 0. The van der Waals surface area contributed by atoms with Crippen molar-refractivity contribution in [3.63, 3.8) is 0 Å². The summed E-state index contributed by atoms with van der Waals surface area (Å²) in [5, 5.41) is 1.52. The van der Waals surface area contributed by atoms with Crippen LogP contribution in [0.2, 0.25) is 5.02 Å². The first kappa shape index (κ1) is 20.8. The van der Waals surface area contributed by atoms with E-state index in [1.54, 1.807) is 0 Å². The van der Waals surface area contributed by atoms with Crippen LogP contribution in [0.25, 0.3) is 6.08 Å². The van der Waals surface area contributed by atoms with Gasteiger partial charge in [-0.3, -0.25) is 4.79 Å². The summed E-state index contributed by atoms with van der Waals surface area (Å²) >= 11 is 7.43. The van der Waals surface area contributed by atoms with Crippen molar-refractivity contribution in [1.29, 1.82) is 0 Å². The Kier molecular flexibility index (Phi) is 6.35. The summed E-state index contributed by atoms with van der Waals surface area (Å²) < 4.78 is 5.87. The highest BCUT2D eigenvalue weighted by Crippen LogP contribution is 2.33. The van der Waals surface area contributed by atoms with Gasteiger partial charge in [0.25, 0.3) is 5.91 Å². The van der Waals surface area contributed by atoms with Gasteiger partial charge in [0, 0.05) is 42.5 Å². The molecule has 2 aromatic rings. The summed E-state index contributed by atoms with van der Waals surface area (Å²) in [6.45, 7) is 7.37. The molecule has 1 saturated heterocycles. The predicted octanol–water partition coefficient (Wildman–Crippen LogP) is 4.92. The first-order valence-electron chi connectivity index (χ1n) is 10.0. The molecule has 5 nitrogen and oxygen atoms in total. The van der Waals surface area contributed by atoms with E-state index in [-0.39, 0.29) is 12.0 Å². The lowest BCUT2D eigenvalue weighted by molar-refractivity contribution is -0.113. The van der Waals surface area contributed by atoms with E-state index in [1.807, 2.05) is 68.5 Å². The fourth-order valence-corrected chi connectivity index (χ4v) is 4.53. The van der Waals surface area contributed by atoms with E-state index in [9.17, 15) is 4.79 Å². The summed E-state index contributed by atoms with van der Waals surface area (Å²) in [7, 11) is 0. The number of benzene rings is 2. The van der Waals surface area contributed by atoms with Crippen LogP contribution in [0.3, 0.4) is 0 Å². The average Bonchev–Trinajstić information content (AvgIpc) is 3.10. The second-order valence-corrected chi connectivity index (χ2v) is 8.91. The number of amides is 1. The van der Waals surface area contributed by atoms with Crippen molar-refractivity contribution < 1.29 is 9.53 Å². The Labute approximate surface area is 186 Å². The topological polar surface area (TPSA) is 45.1 Å². The molecule has 2 aromatic carbocycles. The van der Waals surface area contributed by atoms with Crippen molar-refractivity contribution in [3.8, 4) is 5.75 Å². The molecule has 0 aliphatic carbocycles. The maximum atomic E-state index is 12.5. The molecule has 0 spiro atoms. The average molecular weight is 442 g/mol. The highest BCUT2D eigenvalue weighted by molar-refractivity contribution is 8.18. The van der Waals surface area contributed by atoms with Crippen LogP contribution >= 0.6 is 23.4 Å². The highest BCUT2D eigenvalue weighted by Gasteiger charge is 2.28. The van der Waals surface area contributed by atoms with E-state index < -0.39 is 0 Å². The van der Waals surface area contributed by atoms with Crippen LogP contribution in [-0.2, 0) is 4.79 Å². The Morgan fingerprint density at radius 3 is 2.40 bits per heavy atom. The molecular formula is C23H24ClN3O2S. The van der Waals surface area contributed by atoms with Crippen LogP contribution in [0.4, 0.5) is 5.69 Å². The number of amidine groups is 1. The number of thioether (sulfide) groups is 1. The lowest BCUT2D eigenvalue weighted by Gasteiger charge is -2.36. The number of anilines is 1. The van der Waals surface area contributed by atoms with Gasteiger partial charge < -0.3 is 14.5 Å². The van der Waals surface area contributed by atoms with Crippen molar-refractivity contribution in [2.75, 3.05) is 31.1 Å². The van der Waals surface area contributed by atoms with Crippen molar-refractivity contribution in [1.82, 2.24) is 4.90 Å².